The predicted molar refractivity (Wildman–Crippen MR) is 50.2 cm³/mol. The standard InChI is InChI=1S/C8H11N2O2S/c1-10(13(2,11)12)7-8-4-3-5-9-6-8/h3-7H,1-2H3. The lowest BCUT2D eigenvalue weighted by Crippen LogP contribution is -2.23. The van der Waals surface area contributed by atoms with Crippen LogP contribution in [0.1, 0.15) is 5.56 Å². The molecule has 0 unspecified atom stereocenters. The van der Waals surface area contributed by atoms with Gasteiger partial charge in [-0.2, -0.15) is 4.31 Å². The highest BCUT2D eigenvalue weighted by Crippen LogP contribution is 2.05. The van der Waals surface area contributed by atoms with Gasteiger partial charge >= 0.3 is 0 Å². The SMILES string of the molecule is CN([CH]c1cccnc1)S(C)(=O)=O. The minimum Gasteiger partial charge on any atom is -0.264 e. The fraction of sp³-hybridized carbons (Fsp3) is 0.250. The molecule has 13 heavy (non-hydrogen) atoms. The summed E-state index contributed by atoms with van der Waals surface area (Å²) in [5.74, 6) is 0. The molecule has 4 nitrogen and oxygen atoms in total. The zero-order valence-electron chi connectivity index (χ0n) is 7.51. The lowest BCUT2D eigenvalue weighted by Gasteiger charge is -2.12. The summed E-state index contributed by atoms with van der Waals surface area (Å²) in [6.07, 6.45) is 4.39. The van der Waals surface area contributed by atoms with E-state index in [9.17, 15) is 8.42 Å². The minimum atomic E-state index is -3.15. The Kier molecular flexibility index (Phi) is 3.00. The van der Waals surface area contributed by atoms with Gasteiger partial charge < -0.3 is 0 Å². The molecule has 0 spiro atoms. The second-order valence-corrected chi connectivity index (χ2v) is 4.74. The fourth-order valence-electron chi connectivity index (χ4n) is 0.758. The van der Waals surface area contributed by atoms with Gasteiger partial charge in [-0.05, 0) is 11.6 Å². The average molecular weight is 199 g/mol. The van der Waals surface area contributed by atoms with E-state index in [1.165, 1.54) is 13.6 Å². The molecule has 0 saturated heterocycles. The van der Waals surface area contributed by atoms with Crippen LogP contribution >= 0.6 is 0 Å². The average Bonchev–Trinajstić information content (AvgIpc) is 2.04. The van der Waals surface area contributed by atoms with Gasteiger partial charge in [0.05, 0.1) is 12.8 Å². The van der Waals surface area contributed by atoms with Crippen molar-refractivity contribution in [2.24, 2.45) is 0 Å². The quantitative estimate of drug-likeness (QED) is 0.711. The molecule has 1 rings (SSSR count). The smallest absolute Gasteiger partial charge is 0.211 e. The number of rotatable bonds is 3. The van der Waals surface area contributed by atoms with Crippen molar-refractivity contribution in [1.29, 1.82) is 0 Å². The van der Waals surface area contributed by atoms with E-state index in [2.05, 4.69) is 4.98 Å². The van der Waals surface area contributed by atoms with E-state index in [1.807, 2.05) is 0 Å². The Morgan fingerprint density at radius 1 is 1.54 bits per heavy atom. The first-order chi connectivity index (χ1) is 6.00. The molecule has 1 radical (unpaired) electrons. The van der Waals surface area contributed by atoms with E-state index < -0.39 is 10.0 Å². The number of nitrogens with zero attached hydrogens (tertiary/aromatic N) is 2. The monoisotopic (exact) mass is 199 g/mol. The Hall–Kier alpha value is -0.940. The zero-order chi connectivity index (χ0) is 9.90. The summed E-state index contributed by atoms with van der Waals surface area (Å²) in [6.45, 7) is 1.52. The van der Waals surface area contributed by atoms with Crippen LogP contribution in [0.25, 0.3) is 0 Å². The topological polar surface area (TPSA) is 50.3 Å². The molecule has 0 N–H and O–H groups in total. The zero-order valence-corrected chi connectivity index (χ0v) is 8.32. The second-order valence-electron chi connectivity index (χ2n) is 2.69. The maximum absolute atomic E-state index is 11.0. The molecule has 0 aliphatic carbocycles. The van der Waals surface area contributed by atoms with E-state index in [1.54, 1.807) is 24.5 Å². The summed E-state index contributed by atoms with van der Waals surface area (Å²) in [7, 11) is -1.66. The van der Waals surface area contributed by atoms with Crippen LogP contribution in [0, 0.1) is 6.54 Å². The maximum Gasteiger partial charge on any atom is 0.211 e. The number of pyridine rings is 1. The molecule has 0 atom stereocenters. The first-order valence-corrected chi connectivity index (χ1v) is 5.53. The highest BCUT2D eigenvalue weighted by molar-refractivity contribution is 7.88. The lowest BCUT2D eigenvalue weighted by atomic mass is 10.3. The molecule has 0 fully saturated rings. The third kappa shape index (κ3) is 3.12. The molecule has 0 aliphatic heterocycles. The number of hydrogen-bond donors (Lipinski definition) is 0. The highest BCUT2D eigenvalue weighted by Gasteiger charge is 2.11. The summed E-state index contributed by atoms with van der Waals surface area (Å²) in [6, 6.07) is 3.54. The van der Waals surface area contributed by atoms with E-state index in [4.69, 9.17) is 0 Å². The van der Waals surface area contributed by atoms with Crippen molar-refractivity contribution in [2.75, 3.05) is 13.3 Å². The molecule has 71 valence electrons. The first kappa shape index (κ1) is 10.1. The molecule has 0 aliphatic rings. The third-order valence-electron chi connectivity index (χ3n) is 1.54. The van der Waals surface area contributed by atoms with Gasteiger partial charge in [-0.15, -0.1) is 0 Å². The van der Waals surface area contributed by atoms with Crippen molar-refractivity contribution in [1.82, 2.24) is 9.29 Å². The lowest BCUT2D eigenvalue weighted by molar-refractivity contribution is 0.531. The molecular formula is C8H11N2O2S. The van der Waals surface area contributed by atoms with Crippen molar-refractivity contribution in [3.8, 4) is 0 Å². The molecular weight excluding hydrogens is 188 g/mol. The molecule has 1 aromatic rings. The Labute approximate surface area is 78.3 Å². The van der Waals surface area contributed by atoms with Crippen LogP contribution in [0.5, 0.6) is 0 Å². The van der Waals surface area contributed by atoms with Crippen molar-refractivity contribution >= 4 is 10.0 Å². The Morgan fingerprint density at radius 3 is 2.69 bits per heavy atom. The van der Waals surface area contributed by atoms with Crippen LogP contribution in [0.15, 0.2) is 24.5 Å². The first-order valence-electron chi connectivity index (χ1n) is 3.68. The van der Waals surface area contributed by atoms with Crippen molar-refractivity contribution in [3.05, 3.63) is 36.6 Å². The molecule has 0 aromatic carbocycles. The van der Waals surface area contributed by atoms with Crippen LogP contribution in [0.4, 0.5) is 0 Å². The largest absolute Gasteiger partial charge is 0.264 e. The predicted octanol–water partition coefficient (Wildman–Crippen LogP) is 0.483. The molecule has 0 bridgehead atoms. The summed E-state index contributed by atoms with van der Waals surface area (Å²) in [5, 5.41) is 0. The molecule has 0 saturated carbocycles. The minimum absolute atomic E-state index is 0.760. The summed E-state index contributed by atoms with van der Waals surface area (Å²) in [5.41, 5.74) is 0.760. The second kappa shape index (κ2) is 3.85. The van der Waals surface area contributed by atoms with Crippen LogP contribution in [-0.4, -0.2) is 31.0 Å². The molecule has 0 amide bonds. The normalized spacial score (nSPS) is 11.9. The Morgan fingerprint density at radius 2 is 2.23 bits per heavy atom. The van der Waals surface area contributed by atoms with E-state index in [0.717, 1.165) is 16.1 Å². The van der Waals surface area contributed by atoms with E-state index >= 15 is 0 Å². The molecule has 1 aromatic heterocycles. The van der Waals surface area contributed by atoms with Gasteiger partial charge in [0.1, 0.15) is 0 Å². The van der Waals surface area contributed by atoms with Gasteiger partial charge in [-0.25, -0.2) is 8.42 Å². The number of hydrogen-bond acceptors (Lipinski definition) is 3. The fourth-order valence-corrected chi connectivity index (χ4v) is 1.07. The summed E-state index contributed by atoms with van der Waals surface area (Å²) in [4.78, 5) is 3.87. The molecule has 5 heteroatoms. The number of sulfonamides is 1. The van der Waals surface area contributed by atoms with Gasteiger partial charge in [0.2, 0.25) is 10.0 Å². The van der Waals surface area contributed by atoms with Gasteiger partial charge in [0.15, 0.2) is 0 Å². The number of aromatic nitrogens is 1. The highest BCUT2D eigenvalue weighted by atomic mass is 32.2. The van der Waals surface area contributed by atoms with Crippen molar-refractivity contribution in [2.45, 2.75) is 0 Å². The Bertz CT molecular complexity index is 361. The van der Waals surface area contributed by atoms with E-state index in [-0.39, 0.29) is 0 Å². The van der Waals surface area contributed by atoms with Crippen LogP contribution in [0.3, 0.4) is 0 Å². The maximum atomic E-state index is 11.0. The summed E-state index contributed by atoms with van der Waals surface area (Å²) < 4.78 is 23.2. The van der Waals surface area contributed by atoms with E-state index in [0.29, 0.717) is 0 Å². The van der Waals surface area contributed by atoms with Crippen LogP contribution < -0.4 is 0 Å². The summed E-state index contributed by atoms with van der Waals surface area (Å²) >= 11 is 0. The van der Waals surface area contributed by atoms with Gasteiger partial charge in [-0.3, -0.25) is 4.98 Å². The van der Waals surface area contributed by atoms with Crippen LogP contribution in [0.2, 0.25) is 0 Å². The van der Waals surface area contributed by atoms with Crippen LogP contribution in [-0.2, 0) is 10.0 Å². The van der Waals surface area contributed by atoms with Gasteiger partial charge in [0, 0.05) is 19.4 Å². The van der Waals surface area contributed by atoms with Crippen molar-refractivity contribution in [3.63, 3.8) is 0 Å². The Balaban J connectivity index is 2.72. The third-order valence-corrected chi connectivity index (χ3v) is 2.69. The van der Waals surface area contributed by atoms with Gasteiger partial charge in [-0.1, -0.05) is 6.07 Å². The van der Waals surface area contributed by atoms with Crippen molar-refractivity contribution < 1.29 is 8.42 Å². The molecule has 1 heterocycles. The van der Waals surface area contributed by atoms with Gasteiger partial charge in [0.25, 0.3) is 0 Å².